The summed E-state index contributed by atoms with van der Waals surface area (Å²) < 4.78 is 0. The van der Waals surface area contributed by atoms with Crippen molar-refractivity contribution in [3.05, 3.63) is 35.4 Å². The number of benzene rings is 1. The number of aliphatic hydroxyl groups is 1. The lowest BCUT2D eigenvalue weighted by Gasteiger charge is -2.24. The van der Waals surface area contributed by atoms with Gasteiger partial charge in [0.15, 0.2) is 5.84 Å². The van der Waals surface area contributed by atoms with Crippen LogP contribution in [0.1, 0.15) is 37.8 Å². The van der Waals surface area contributed by atoms with Crippen molar-refractivity contribution in [2.75, 3.05) is 13.2 Å². The molecule has 1 aromatic rings. The van der Waals surface area contributed by atoms with Crippen molar-refractivity contribution >= 4 is 5.84 Å². The van der Waals surface area contributed by atoms with E-state index in [1.165, 1.54) is 0 Å². The normalized spacial score (nSPS) is 12.7. The van der Waals surface area contributed by atoms with E-state index in [-0.39, 0.29) is 17.9 Å². The quantitative estimate of drug-likeness (QED) is 0.252. The second-order valence-electron chi connectivity index (χ2n) is 5.78. The second-order valence-corrected chi connectivity index (χ2v) is 5.78. The second kappa shape index (κ2) is 7.87. The molecular weight excluding hydrogens is 254 g/mol. The molecule has 0 aliphatic rings. The van der Waals surface area contributed by atoms with Crippen molar-refractivity contribution < 1.29 is 10.3 Å². The zero-order valence-electron chi connectivity index (χ0n) is 12.3. The highest BCUT2D eigenvalue weighted by molar-refractivity contribution is 5.96. The first-order chi connectivity index (χ1) is 9.48. The summed E-state index contributed by atoms with van der Waals surface area (Å²) in [5.74, 6) is 0.120. The number of nitrogens with one attached hydrogen (secondary N) is 1. The highest BCUT2D eigenvalue weighted by atomic mass is 16.4. The fraction of sp³-hybridized carbons (Fsp3) is 0.533. The van der Waals surface area contributed by atoms with Gasteiger partial charge in [-0.3, -0.25) is 0 Å². The Morgan fingerprint density at radius 1 is 1.30 bits per heavy atom. The predicted molar refractivity (Wildman–Crippen MR) is 80.8 cm³/mol. The number of nitrogens with zero attached hydrogens (tertiary/aromatic N) is 1. The molecule has 1 rings (SSSR count). The Hall–Kier alpha value is -1.59. The van der Waals surface area contributed by atoms with Gasteiger partial charge in [0.25, 0.3) is 0 Å². The number of nitrogens with two attached hydrogens (primary N) is 1. The molecule has 0 heterocycles. The van der Waals surface area contributed by atoms with Gasteiger partial charge in [-0.1, -0.05) is 43.3 Å². The summed E-state index contributed by atoms with van der Waals surface area (Å²) in [5, 5.41) is 23.8. The van der Waals surface area contributed by atoms with Crippen molar-refractivity contribution in [2.45, 2.75) is 33.2 Å². The Bertz CT molecular complexity index is 427. The summed E-state index contributed by atoms with van der Waals surface area (Å²) >= 11 is 0. The van der Waals surface area contributed by atoms with Gasteiger partial charge in [-0.05, 0) is 23.8 Å². The van der Waals surface area contributed by atoms with Crippen LogP contribution in [0.25, 0.3) is 0 Å². The maximum Gasteiger partial charge on any atom is 0.170 e. The fourth-order valence-electron chi connectivity index (χ4n) is 2.04. The van der Waals surface area contributed by atoms with Crippen LogP contribution in [0.3, 0.4) is 0 Å². The zero-order valence-corrected chi connectivity index (χ0v) is 12.3. The Morgan fingerprint density at radius 3 is 2.50 bits per heavy atom. The van der Waals surface area contributed by atoms with Gasteiger partial charge in [-0.25, -0.2) is 0 Å². The lowest BCUT2D eigenvalue weighted by molar-refractivity contribution is 0.236. The van der Waals surface area contributed by atoms with E-state index in [0.29, 0.717) is 5.56 Å². The third-order valence-electron chi connectivity index (χ3n) is 3.30. The molecule has 20 heavy (non-hydrogen) atoms. The van der Waals surface area contributed by atoms with Gasteiger partial charge in [0.05, 0.1) is 0 Å². The molecule has 0 atom stereocenters. The van der Waals surface area contributed by atoms with E-state index in [1.807, 2.05) is 24.3 Å². The highest BCUT2D eigenvalue weighted by Crippen LogP contribution is 2.20. The molecule has 1 aromatic carbocycles. The Labute approximate surface area is 120 Å². The van der Waals surface area contributed by atoms with Crippen LogP contribution < -0.4 is 11.1 Å². The van der Waals surface area contributed by atoms with Gasteiger partial charge in [-0.2, -0.15) is 0 Å². The smallest absolute Gasteiger partial charge is 0.170 e. The first-order valence-electron chi connectivity index (χ1n) is 6.87. The molecule has 5 heteroatoms. The van der Waals surface area contributed by atoms with Crippen LogP contribution in [-0.4, -0.2) is 29.3 Å². The van der Waals surface area contributed by atoms with Crippen molar-refractivity contribution in [1.29, 1.82) is 0 Å². The zero-order chi connectivity index (χ0) is 15.0. The highest BCUT2D eigenvalue weighted by Gasteiger charge is 2.16. The van der Waals surface area contributed by atoms with Crippen LogP contribution in [0.4, 0.5) is 0 Å². The SMILES string of the molecule is CC(C)(CCCO)CNCc1ccc(/C(N)=N/O)cc1. The fourth-order valence-corrected chi connectivity index (χ4v) is 2.04. The lowest BCUT2D eigenvalue weighted by Crippen LogP contribution is -2.29. The molecule has 0 saturated heterocycles. The predicted octanol–water partition coefficient (Wildman–Crippen LogP) is 1.67. The molecular formula is C15H25N3O2. The minimum atomic E-state index is 0.120. The van der Waals surface area contributed by atoms with Crippen LogP contribution >= 0.6 is 0 Å². The Morgan fingerprint density at radius 2 is 1.95 bits per heavy atom. The average Bonchev–Trinajstić information content (AvgIpc) is 2.45. The Kier molecular flexibility index (Phi) is 6.48. The van der Waals surface area contributed by atoms with E-state index in [4.69, 9.17) is 16.0 Å². The number of aliphatic hydroxyl groups excluding tert-OH is 1. The van der Waals surface area contributed by atoms with E-state index in [2.05, 4.69) is 24.3 Å². The molecule has 112 valence electrons. The molecule has 0 amide bonds. The molecule has 0 unspecified atom stereocenters. The average molecular weight is 279 g/mol. The maximum absolute atomic E-state index is 8.87. The number of rotatable bonds is 8. The third kappa shape index (κ3) is 5.59. The molecule has 0 fully saturated rings. The molecule has 0 spiro atoms. The van der Waals surface area contributed by atoms with E-state index < -0.39 is 0 Å². The molecule has 0 saturated carbocycles. The first kappa shape index (κ1) is 16.5. The van der Waals surface area contributed by atoms with Gasteiger partial charge >= 0.3 is 0 Å². The summed E-state index contributed by atoms with van der Waals surface area (Å²) in [7, 11) is 0. The molecule has 0 aliphatic heterocycles. The molecule has 5 nitrogen and oxygen atoms in total. The van der Waals surface area contributed by atoms with Crippen LogP contribution in [-0.2, 0) is 6.54 Å². The van der Waals surface area contributed by atoms with Crippen LogP contribution in [0, 0.1) is 5.41 Å². The summed E-state index contributed by atoms with van der Waals surface area (Å²) in [6.45, 7) is 6.31. The largest absolute Gasteiger partial charge is 0.409 e. The van der Waals surface area contributed by atoms with Crippen molar-refractivity contribution in [3.63, 3.8) is 0 Å². The summed E-state index contributed by atoms with van der Waals surface area (Å²) in [6, 6.07) is 7.59. The van der Waals surface area contributed by atoms with Crippen molar-refractivity contribution in [3.8, 4) is 0 Å². The number of oxime groups is 1. The van der Waals surface area contributed by atoms with E-state index in [0.717, 1.165) is 31.5 Å². The molecule has 0 radical (unpaired) electrons. The maximum atomic E-state index is 8.87. The van der Waals surface area contributed by atoms with Crippen LogP contribution in [0.2, 0.25) is 0 Å². The first-order valence-corrected chi connectivity index (χ1v) is 6.87. The molecule has 5 N–H and O–H groups in total. The Balaban J connectivity index is 2.42. The van der Waals surface area contributed by atoms with Crippen molar-refractivity contribution in [1.82, 2.24) is 5.32 Å². The van der Waals surface area contributed by atoms with Gasteiger partial charge in [0, 0.05) is 25.3 Å². The number of amidine groups is 1. The minimum Gasteiger partial charge on any atom is -0.409 e. The van der Waals surface area contributed by atoms with Crippen LogP contribution in [0.15, 0.2) is 29.4 Å². The standard InChI is InChI=1S/C15H25N3O2/c1-15(2,8-3-9-19)11-17-10-12-4-6-13(7-5-12)14(16)18-20/h4-7,17,19-20H,3,8-11H2,1-2H3,(H2,16,18). The minimum absolute atomic E-state index is 0.120. The van der Waals surface area contributed by atoms with Gasteiger partial charge < -0.3 is 21.4 Å². The van der Waals surface area contributed by atoms with Gasteiger partial charge in [-0.15, -0.1) is 0 Å². The van der Waals surface area contributed by atoms with E-state index >= 15 is 0 Å². The number of hydrogen-bond donors (Lipinski definition) is 4. The van der Waals surface area contributed by atoms with Crippen LogP contribution in [0.5, 0.6) is 0 Å². The summed E-state index contributed by atoms with van der Waals surface area (Å²) in [5.41, 5.74) is 7.55. The third-order valence-corrected chi connectivity index (χ3v) is 3.30. The molecule has 0 bridgehead atoms. The van der Waals surface area contributed by atoms with Gasteiger partial charge in [0.1, 0.15) is 0 Å². The molecule has 0 aliphatic carbocycles. The topological polar surface area (TPSA) is 90.9 Å². The monoisotopic (exact) mass is 279 g/mol. The van der Waals surface area contributed by atoms with E-state index in [1.54, 1.807) is 0 Å². The number of hydrogen-bond acceptors (Lipinski definition) is 4. The van der Waals surface area contributed by atoms with Gasteiger partial charge in [0.2, 0.25) is 0 Å². The lowest BCUT2D eigenvalue weighted by atomic mass is 9.88. The summed E-state index contributed by atoms with van der Waals surface area (Å²) in [4.78, 5) is 0. The van der Waals surface area contributed by atoms with Crippen molar-refractivity contribution in [2.24, 2.45) is 16.3 Å². The molecule has 0 aromatic heterocycles. The summed E-state index contributed by atoms with van der Waals surface area (Å²) in [6.07, 6.45) is 1.84. The van der Waals surface area contributed by atoms with E-state index in [9.17, 15) is 0 Å².